The summed E-state index contributed by atoms with van der Waals surface area (Å²) in [5.74, 6) is 0.319. The number of carbonyl (C=O) groups is 2. The molecule has 2 aromatic carbocycles. The average molecular weight is 357 g/mol. The van der Waals surface area contributed by atoms with Gasteiger partial charge < -0.3 is 19.5 Å². The summed E-state index contributed by atoms with van der Waals surface area (Å²) < 4.78 is 15.8. The first-order chi connectivity index (χ1) is 12.5. The van der Waals surface area contributed by atoms with Gasteiger partial charge in [-0.25, -0.2) is 4.79 Å². The van der Waals surface area contributed by atoms with Crippen molar-refractivity contribution in [1.29, 1.82) is 0 Å². The lowest BCUT2D eigenvalue weighted by atomic mass is 10.2. The van der Waals surface area contributed by atoms with Crippen LogP contribution in [0.25, 0.3) is 0 Å². The number of benzene rings is 2. The second-order valence-electron chi connectivity index (χ2n) is 5.64. The van der Waals surface area contributed by atoms with E-state index in [-0.39, 0.29) is 0 Å². The van der Waals surface area contributed by atoms with Gasteiger partial charge in [0.2, 0.25) is 0 Å². The van der Waals surface area contributed by atoms with E-state index >= 15 is 0 Å². The Bertz CT molecular complexity index is 742. The zero-order chi connectivity index (χ0) is 18.9. The maximum atomic E-state index is 12.2. The topological polar surface area (TPSA) is 73.9 Å². The monoisotopic (exact) mass is 357 g/mol. The molecule has 0 aliphatic heterocycles. The fourth-order valence-corrected chi connectivity index (χ4v) is 2.13. The summed E-state index contributed by atoms with van der Waals surface area (Å²) in [5.41, 5.74) is 0.921. The van der Waals surface area contributed by atoms with Crippen molar-refractivity contribution < 1.29 is 23.8 Å². The Labute approximate surface area is 153 Å². The van der Waals surface area contributed by atoms with Crippen molar-refractivity contribution >= 4 is 17.6 Å². The van der Waals surface area contributed by atoms with Crippen LogP contribution >= 0.6 is 0 Å². The first kappa shape index (κ1) is 19.3. The van der Waals surface area contributed by atoms with E-state index in [0.717, 1.165) is 6.42 Å². The third-order valence-electron chi connectivity index (χ3n) is 3.55. The van der Waals surface area contributed by atoms with Crippen LogP contribution in [0.15, 0.2) is 48.5 Å². The minimum Gasteiger partial charge on any atom is -0.497 e. The van der Waals surface area contributed by atoms with Crippen molar-refractivity contribution in [1.82, 2.24) is 0 Å². The number of ether oxygens (including phenoxy) is 3. The van der Waals surface area contributed by atoms with Crippen molar-refractivity contribution in [2.45, 2.75) is 26.4 Å². The molecule has 0 bridgehead atoms. The lowest BCUT2D eigenvalue weighted by Gasteiger charge is -2.14. The first-order valence-corrected chi connectivity index (χ1v) is 8.42. The molecule has 2 rings (SSSR count). The lowest BCUT2D eigenvalue weighted by molar-refractivity contribution is -0.123. The molecule has 26 heavy (non-hydrogen) atoms. The van der Waals surface area contributed by atoms with Crippen molar-refractivity contribution in [3.63, 3.8) is 0 Å². The van der Waals surface area contributed by atoms with Crippen LogP contribution in [0.5, 0.6) is 11.5 Å². The van der Waals surface area contributed by atoms with Crippen molar-refractivity contribution in [2.24, 2.45) is 0 Å². The molecule has 6 heteroatoms. The summed E-state index contributed by atoms with van der Waals surface area (Å²) in [4.78, 5) is 24.4. The van der Waals surface area contributed by atoms with Gasteiger partial charge in [0.25, 0.3) is 5.91 Å². The van der Waals surface area contributed by atoms with Crippen LogP contribution in [0.2, 0.25) is 0 Å². The number of esters is 1. The molecule has 1 atom stereocenters. The predicted octanol–water partition coefficient (Wildman–Crippen LogP) is 3.67. The molecule has 138 valence electrons. The van der Waals surface area contributed by atoms with E-state index < -0.39 is 18.0 Å². The van der Waals surface area contributed by atoms with Crippen LogP contribution < -0.4 is 14.8 Å². The van der Waals surface area contributed by atoms with Crippen LogP contribution in [0, 0.1) is 0 Å². The molecule has 0 saturated heterocycles. The maximum absolute atomic E-state index is 12.2. The smallest absolute Gasteiger partial charge is 0.338 e. The Morgan fingerprint density at radius 2 is 1.81 bits per heavy atom. The fourth-order valence-electron chi connectivity index (χ4n) is 2.13. The zero-order valence-corrected chi connectivity index (χ0v) is 15.2. The van der Waals surface area contributed by atoms with E-state index in [4.69, 9.17) is 14.2 Å². The summed E-state index contributed by atoms with van der Waals surface area (Å²) in [5, 5.41) is 2.69. The molecule has 2 aromatic rings. The second kappa shape index (κ2) is 9.46. The van der Waals surface area contributed by atoms with E-state index in [1.54, 1.807) is 55.6 Å². The van der Waals surface area contributed by atoms with Crippen LogP contribution in [0.4, 0.5) is 5.69 Å². The molecule has 1 N–H and O–H groups in total. The highest BCUT2D eigenvalue weighted by molar-refractivity contribution is 5.97. The molecule has 6 nitrogen and oxygen atoms in total. The standard InChI is InChI=1S/C20H23NO5/c1-4-12-25-17-10-8-15(9-11-17)20(23)26-14(2)19(22)21-16-6-5-7-18(13-16)24-3/h5-11,13-14H,4,12H2,1-3H3,(H,21,22)/t14-/m0/s1. The largest absolute Gasteiger partial charge is 0.497 e. The summed E-state index contributed by atoms with van der Waals surface area (Å²) in [7, 11) is 1.55. The zero-order valence-electron chi connectivity index (χ0n) is 15.2. The summed E-state index contributed by atoms with van der Waals surface area (Å²) in [6.07, 6.45) is -0.0336. The van der Waals surface area contributed by atoms with Gasteiger partial charge in [-0.3, -0.25) is 4.79 Å². The van der Waals surface area contributed by atoms with E-state index in [9.17, 15) is 9.59 Å². The van der Waals surface area contributed by atoms with Crippen molar-refractivity contribution in [2.75, 3.05) is 19.0 Å². The number of anilines is 1. The minimum atomic E-state index is -0.940. The minimum absolute atomic E-state index is 0.356. The van der Waals surface area contributed by atoms with Gasteiger partial charge in [-0.1, -0.05) is 13.0 Å². The Kier molecular flexibility index (Phi) is 7.02. The van der Waals surface area contributed by atoms with Crippen LogP contribution in [-0.2, 0) is 9.53 Å². The summed E-state index contributed by atoms with van der Waals surface area (Å²) in [6.45, 7) is 4.15. The molecule has 0 aliphatic carbocycles. The fraction of sp³-hybridized carbons (Fsp3) is 0.300. The van der Waals surface area contributed by atoms with E-state index in [1.165, 1.54) is 6.92 Å². The Hall–Kier alpha value is -3.02. The normalized spacial score (nSPS) is 11.3. The molecule has 0 unspecified atom stereocenters. The SMILES string of the molecule is CCCOc1ccc(C(=O)O[C@@H](C)C(=O)Nc2cccc(OC)c2)cc1. The number of nitrogens with one attached hydrogen (secondary N) is 1. The van der Waals surface area contributed by atoms with Gasteiger partial charge in [-0.15, -0.1) is 0 Å². The number of rotatable bonds is 8. The maximum Gasteiger partial charge on any atom is 0.338 e. The highest BCUT2D eigenvalue weighted by atomic mass is 16.5. The molecule has 0 saturated carbocycles. The van der Waals surface area contributed by atoms with Gasteiger partial charge in [0, 0.05) is 11.8 Å². The van der Waals surface area contributed by atoms with Gasteiger partial charge in [0.05, 0.1) is 19.3 Å². The molecule has 0 heterocycles. The summed E-state index contributed by atoms with van der Waals surface area (Å²) in [6, 6.07) is 13.6. The van der Waals surface area contributed by atoms with Gasteiger partial charge in [0.1, 0.15) is 11.5 Å². The van der Waals surface area contributed by atoms with Crippen molar-refractivity contribution in [3.05, 3.63) is 54.1 Å². The Morgan fingerprint density at radius 1 is 1.08 bits per heavy atom. The third kappa shape index (κ3) is 5.51. The molecule has 0 radical (unpaired) electrons. The van der Waals surface area contributed by atoms with Crippen LogP contribution in [0.3, 0.4) is 0 Å². The van der Waals surface area contributed by atoms with Gasteiger partial charge in [0.15, 0.2) is 6.10 Å². The molecular formula is C20H23NO5. The highest BCUT2D eigenvalue weighted by Gasteiger charge is 2.19. The van der Waals surface area contributed by atoms with E-state index in [0.29, 0.717) is 29.4 Å². The first-order valence-electron chi connectivity index (χ1n) is 8.42. The Balaban J connectivity index is 1.91. The van der Waals surface area contributed by atoms with Crippen LogP contribution in [0.1, 0.15) is 30.6 Å². The van der Waals surface area contributed by atoms with Gasteiger partial charge in [-0.2, -0.15) is 0 Å². The predicted molar refractivity (Wildman–Crippen MR) is 98.7 cm³/mol. The average Bonchev–Trinajstić information content (AvgIpc) is 2.66. The number of methoxy groups -OCH3 is 1. The third-order valence-corrected chi connectivity index (χ3v) is 3.55. The van der Waals surface area contributed by atoms with Gasteiger partial charge in [-0.05, 0) is 49.7 Å². The van der Waals surface area contributed by atoms with Crippen molar-refractivity contribution in [3.8, 4) is 11.5 Å². The highest BCUT2D eigenvalue weighted by Crippen LogP contribution is 2.18. The number of amides is 1. The van der Waals surface area contributed by atoms with E-state index in [2.05, 4.69) is 5.32 Å². The summed E-state index contributed by atoms with van der Waals surface area (Å²) >= 11 is 0. The number of carbonyl (C=O) groups excluding carboxylic acids is 2. The molecular weight excluding hydrogens is 334 g/mol. The molecule has 0 aromatic heterocycles. The number of hydrogen-bond donors (Lipinski definition) is 1. The molecule has 0 spiro atoms. The quantitative estimate of drug-likeness (QED) is 0.730. The van der Waals surface area contributed by atoms with Gasteiger partial charge >= 0.3 is 5.97 Å². The Morgan fingerprint density at radius 3 is 2.46 bits per heavy atom. The number of hydrogen-bond acceptors (Lipinski definition) is 5. The second-order valence-corrected chi connectivity index (χ2v) is 5.64. The van der Waals surface area contributed by atoms with E-state index in [1.807, 2.05) is 6.92 Å². The van der Waals surface area contributed by atoms with Crippen LogP contribution in [-0.4, -0.2) is 31.7 Å². The molecule has 0 aliphatic rings. The molecule has 0 fully saturated rings. The molecule has 1 amide bonds. The lowest BCUT2D eigenvalue weighted by Crippen LogP contribution is -2.30.